The normalized spacial score (nSPS) is 34.9. The minimum atomic E-state index is 0.302. The van der Waals surface area contributed by atoms with E-state index in [4.69, 9.17) is 4.74 Å². The molecular formula is C11H22N2O. The summed E-state index contributed by atoms with van der Waals surface area (Å²) in [6, 6.07) is 0. The lowest BCUT2D eigenvalue weighted by Gasteiger charge is -2.39. The topological polar surface area (TPSA) is 33.3 Å². The first-order valence-corrected chi connectivity index (χ1v) is 5.82. The van der Waals surface area contributed by atoms with Crippen LogP contribution in [-0.4, -0.2) is 38.9 Å². The van der Waals surface area contributed by atoms with Crippen molar-refractivity contribution in [3.8, 4) is 0 Å². The molecule has 14 heavy (non-hydrogen) atoms. The summed E-state index contributed by atoms with van der Waals surface area (Å²) < 4.78 is 5.40. The Balaban J connectivity index is 2.00. The molecule has 2 aliphatic rings. The summed E-state index contributed by atoms with van der Waals surface area (Å²) in [4.78, 5) is 0. The number of piperidine rings is 1. The van der Waals surface area contributed by atoms with Crippen molar-refractivity contribution in [3.05, 3.63) is 0 Å². The first kappa shape index (κ1) is 10.4. The van der Waals surface area contributed by atoms with Crippen molar-refractivity contribution in [1.29, 1.82) is 0 Å². The molecule has 0 saturated carbocycles. The molecule has 0 aromatic rings. The van der Waals surface area contributed by atoms with Gasteiger partial charge in [0.25, 0.3) is 0 Å². The molecule has 2 N–H and O–H groups in total. The third kappa shape index (κ3) is 1.95. The van der Waals surface area contributed by atoms with Gasteiger partial charge in [0.1, 0.15) is 0 Å². The van der Waals surface area contributed by atoms with E-state index in [0.29, 0.717) is 5.54 Å². The Hall–Kier alpha value is -0.120. The summed E-state index contributed by atoms with van der Waals surface area (Å²) in [5.74, 6) is 0.811. The average molecular weight is 198 g/mol. The SMILES string of the molecule is COCC1(C2CCNCC2)CCCN1. The van der Waals surface area contributed by atoms with Crippen molar-refractivity contribution >= 4 is 0 Å². The first-order valence-electron chi connectivity index (χ1n) is 5.82. The quantitative estimate of drug-likeness (QED) is 0.702. The van der Waals surface area contributed by atoms with Crippen molar-refractivity contribution in [2.75, 3.05) is 33.4 Å². The number of rotatable bonds is 3. The highest BCUT2D eigenvalue weighted by Crippen LogP contribution is 2.33. The van der Waals surface area contributed by atoms with Gasteiger partial charge >= 0.3 is 0 Å². The van der Waals surface area contributed by atoms with Crippen LogP contribution in [0.1, 0.15) is 25.7 Å². The average Bonchev–Trinajstić information content (AvgIpc) is 2.70. The van der Waals surface area contributed by atoms with E-state index in [1.165, 1.54) is 45.3 Å². The van der Waals surface area contributed by atoms with Crippen LogP contribution < -0.4 is 10.6 Å². The van der Waals surface area contributed by atoms with Crippen molar-refractivity contribution < 1.29 is 4.74 Å². The molecule has 3 heteroatoms. The molecule has 0 aliphatic carbocycles. The van der Waals surface area contributed by atoms with Crippen LogP contribution in [0.4, 0.5) is 0 Å². The fourth-order valence-electron chi connectivity index (χ4n) is 3.05. The summed E-state index contributed by atoms with van der Waals surface area (Å²) in [5, 5.41) is 7.12. The second-order valence-electron chi connectivity index (χ2n) is 4.64. The van der Waals surface area contributed by atoms with E-state index in [1.54, 1.807) is 0 Å². The number of methoxy groups -OCH3 is 1. The standard InChI is InChI=1S/C11H22N2O/c1-14-9-11(5-2-6-13-11)10-3-7-12-8-4-10/h10,12-13H,2-9H2,1H3. The summed E-state index contributed by atoms with van der Waals surface area (Å²) in [6.07, 6.45) is 5.21. The van der Waals surface area contributed by atoms with Gasteiger partial charge in [0.05, 0.1) is 6.61 Å². The Bertz CT molecular complexity index is 172. The van der Waals surface area contributed by atoms with E-state index >= 15 is 0 Å². The maximum Gasteiger partial charge on any atom is 0.0647 e. The monoisotopic (exact) mass is 198 g/mol. The molecule has 3 nitrogen and oxygen atoms in total. The van der Waals surface area contributed by atoms with Crippen LogP contribution in [0.25, 0.3) is 0 Å². The smallest absolute Gasteiger partial charge is 0.0647 e. The van der Waals surface area contributed by atoms with Gasteiger partial charge in [0.2, 0.25) is 0 Å². The van der Waals surface area contributed by atoms with Crippen molar-refractivity contribution in [3.63, 3.8) is 0 Å². The molecule has 1 unspecified atom stereocenters. The first-order chi connectivity index (χ1) is 6.87. The highest BCUT2D eigenvalue weighted by Gasteiger charge is 2.41. The number of hydrogen-bond acceptors (Lipinski definition) is 3. The molecule has 0 spiro atoms. The lowest BCUT2D eigenvalue weighted by atomic mass is 9.77. The van der Waals surface area contributed by atoms with Gasteiger partial charge in [-0.15, -0.1) is 0 Å². The molecule has 2 heterocycles. The minimum Gasteiger partial charge on any atom is -0.383 e. The number of hydrogen-bond donors (Lipinski definition) is 2. The second kappa shape index (κ2) is 4.60. The molecule has 0 radical (unpaired) electrons. The fraction of sp³-hybridized carbons (Fsp3) is 1.00. The summed E-state index contributed by atoms with van der Waals surface area (Å²) in [6.45, 7) is 4.42. The van der Waals surface area contributed by atoms with E-state index in [0.717, 1.165) is 12.5 Å². The summed E-state index contributed by atoms with van der Waals surface area (Å²) >= 11 is 0. The minimum absolute atomic E-state index is 0.302. The highest BCUT2D eigenvalue weighted by atomic mass is 16.5. The Morgan fingerprint density at radius 1 is 1.29 bits per heavy atom. The fourth-order valence-corrected chi connectivity index (χ4v) is 3.05. The van der Waals surface area contributed by atoms with E-state index in [1.807, 2.05) is 7.11 Å². The zero-order valence-corrected chi connectivity index (χ0v) is 9.14. The molecule has 0 bridgehead atoms. The van der Waals surface area contributed by atoms with E-state index in [2.05, 4.69) is 10.6 Å². The zero-order valence-electron chi connectivity index (χ0n) is 9.14. The zero-order chi connectivity index (χ0) is 9.86. The molecule has 82 valence electrons. The third-order valence-electron chi connectivity index (χ3n) is 3.80. The van der Waals surface area contributed by atoms with Gasteiger partial charge in [0, 0.05) is 12.6 Å². The van der Waals surface area contributed by atoms with E-state index in [9.17, 15) is 0 Å². The van der Waals surface area contributed by atoms with Crippen LogP contribution in [0.3, 0.4) is 0 Å². The predicted molar refractivity (Wildman–Crippen MR) is 57.4 cm³/mol. The van der Waals surface area contributed by atoms with Crippen LogP contribution in [-0.2, 0) is 4.74 Å². The van der Waals surface area contributed by atoms with Crippen molar-refractivity contribution in [1.82, 2.24) is 10.6 Å². The molecule has 2 aliphatic heterocycles. The van der Waals surface area contributed by atoms with Gasteiger partial charge in [-0.05, 0) is 51.2 Å². The van der Waals surface area contributed by atoms with E-state index < -0.39 is 0 Å². The molecular weight excluding hydrogens is 176 g/mol. The lowest BCUT2D eigenvalue weighted by Crippen LogP contribution is -2.53. The number of nitrogens with one attached hydrogen (secondary N) is 2. The molecule has 2 saturated heterocycles. The molecule has 0 aromatic carbocycles. The predicted octanol–water partition coefficient (Wildman–Crippen LogP) is 0.755. The largest absolute Gasteiger partial charge is 0.383 e. The molecule has 2 rings (SSSR count). The van der Waals surface area contributed by atoms with Gasteiger partial charge in [-0.2, -0.15) is 0 Å². The maximum absolute atomic E-state index is 5.40. The molecule has 2 fully saturated rings. The summed E-state index contributed by atoms with van der Waals surface area (Å²) in [7, 11) is 1.82. The Morgan fingerprint density at radius 2 is 2.07 bits per heavy atom. The van der Waals surface area contributed by atoms with Crippen LogP contribution in [0, 0.1) is 5.92 Å². The Labute approximate surface area is 86.6 Å². The van der Waals surface area contributed by atoms with Crippen LogP contribution in [0.5, 0.6) is 0 Å². The second-order valence-corrected chi connectivity index (χ2v) is 4.64. The van der Waals surface area contributed by atoms with Gasteiger partial charge < -0.3 is 15.4 Å². The Morgan fingerprint density at radius 3 is 2.64 bits per heavy atom. The van der Waals surface area contributed by atoms with Gasteiger partial charge in [-0.3, -0.25) is 0 Å². The Kier molecular flexibility index (Phi) is 3.42. The third-order valence-corrected chi connectivity index (χ3v) is 3.80. The summed E-state index contributed by atoms with van der Waals surface area (Å²) in [5.41, 5.74) is 0.302. The molecule has 0 aromatic heterocycles. The van der Waals surface area contributed by atoms with Crippen LogP contribution in [0.15, 0.2) is 0 Å². The van der Waals surface area contributed by atoms with Gasteiger partial charge in [-0.25, -0.2) is 0 Å². The highest BCUT2D eigenvalue weighted by molar-refractivity contribution is 4.99. The van der Waals surface area contributed by atoms with Crippen LogP contribution >= 0.6 is 0 Å². The van der Waals surface area contributed by atoms with Gasteiger partial charge in [-0.1, -0.05) is 0 Å². The molecule has 0 amide bonds. The molecule has 1 atom stereocenters. The number of ether oxygens (including phenoxy) is 1. The van der Waals surface area contributed by atoms with Crippen molar-refractivity contribution in [2.24, 2.45) is 5.92 Å². The van der Waals surface area contributed by atoms with Crippen LogP contribution in [0.2, 0.25) is 0 Å². The van der Waals surface area contributed by atoms with Crippen molar-refractivity contribution in [2.45, 2.75) is 31.2 Å². The van der Waals surface area contributed by atoms with Gasteiger partial charge in [0.15, 0.2) is 0 Å². The maximum atomic E-state index is 5.40. The van der Waals surface area contributed by atoms with E-state index in [-0.39, 0.29) is 0 Å². The lowest BCUT2D eigenvalue weighted by molar-refractivity contribution is 0.0677.